The molecule has 22 nitrogen and oxygen atoms in total. The number of urea groups is 1. The van der Waals surface area contributed by atoms with Crippen LogP contribution in [0.1, 0.15) is 25.7 Å². The zero-order chi connectivity index (χ0) is 35.1. The lowest BCUT2D eigenvalue weighted by molar-refractivity contribution is -0.134. The number of hydrogen-bond acceptors (Lipinski definition) is 14. The van der Waals surface area contributed by atoms with Crippen LogP contribution in [0.5, 0.6) is 0 Å². The number of aliphatic hydroxyl groups excluding tert-OH is 1. The average molecular weight is 669 g/mol. The minimum atomic E-state index is -1.63. The number of carbonyl (C=O) groups is 7. The first kappa shape index (κ1) is 38.1. The molecule has 0 aromatic rings. The smallest absolute Gasteiger partial charge is 0.316 e. The number of nitrogens with one attached hydrogen (secondary N) is 8. The van der Waals surface area contributed by atoms with Crippen LogP contribution >= 0.6 is 0 Å². The van der Waals surface area contributed by atoms with Crippen molar-refractivity contribution in [3.8, 4) is 0 Å². The Morgan fingerprint density at radius 2 is 1.72 bits per heavy atom. The van der Waals surface area contributed by atoms with Crippen LogP contribution in [0.25, 0.3) is 0 Å². The molecule has 0 aromatic carbocycles. The molecule has 1 saturated heterocycles. The van der Waals surface area contributed by atoms with Gasteiger partial charge in [0.05, 0.1) is 12.6 Å². The van der Waals surface area contributed by atoms with Crippen LogP contribution in [0.4, 0.5) is 4.79 Å². The molecule has 2 heterocycles. The van der Waals surface area contributed by atoms with Crippen molar-refractivity contribution < 1.29 is 38.7 Å². The first-order valence-electron chi connectivity index (χ1n) is 14.7. The lowest BCUT2D eigenvalue weighted by Crippen LogP contribution is -2.64. The van der Waals surface area contributed by atoms with Gasteiger partial charge in [0.15, 0.2) is 5.96 Å². The van der Waals surface area contributed by atoms with Gasteiger partial charge in [0, 0.05) is 38.3 Å². The molecule has 1 unspecified atom stereocenters. The van der Waals surface area contributed by atoms with Gasteiger partial charge in [0.25, 0.3) is 5.91 Å². The maximum atomic E-state index is 13.5. The van der Waals surface area contributed by atoms with E-state index in [2.05, 4.69) is 42.2 Å². The van der Waals surface area contributed by atoms with Crippen LogP contribution in [0.3, 0.4) is 0 Å². The van der Waals surface area contributed by atoms with E-state index >= 15 is 0 Å². The molecule has 262 valence electrons. The number of nitrogens with two attached hydrogens (primary N) is 5. The summed E-state index contributed by atoms with van der Waals surface area (Å²) in [6.07, 6.45) is 1.86. The van der Waals surface area contributed by atoms with Crippen molar-refractivity contribution >= 4 is 47.4 Å². The maximum absolute atomic E-state index is 13.5. The number of aliphatic imine (C=N–C) groups is 1. The highest BCUT2D eigenvalue weighted by Gasteiger charge is 2.35. The molecule has 0 saturated carbocycles. The fourth-order valence-corrected chi connectivity index (χ4v) is 4.35. The standard InChI is InChI=1S/C25H44N14O8/c26-4-1-2-11(27)6-17(41)32-8-14-20(43)35-15(9-34-25(30)47)21(44)39-18(13-3-5-31-24(29)38-13)23(46)33-7-12(28)19(42)37-16(10-40)22(45)36-14/h9,11-14,16,18,40H,1-8,10,26-28H2,(H,32,41)(H,33,46)(H,35,43)(H,36,45)(H,37,42)(H,39,44)(H3,29,31,38)(H3,30,34,47)/b15-9-/t11-,12-,13?,14-,16-,18-/m0/s1. The van der Waals surface area contributed by atoms with E-state index in [0.29, 0.717) is 19.4 Å². The summed E-state index contributed by atoms with van der Waals surface area (Å²) in [5, 5.41) is 28.7. The summed E-state index contributed by atoms with van der Waals surface area (Å²) >= 11 is 0. The quantitative estimate of drug-likeness (QED) is 0.0963. The molecule has 0 bridgehead atoms. The SMILES string of the molecule is NCCC[C@H](N)CC(=O)NC[C@@H]1NC(=O)[C@H](CO)NC(=O)[C@@H](N)CNC(=O)[C@H](C2CCN=C(N)N2)NC(=O)/C(=C/NC(N)=O)NC1=O. The Bertz CT molecular complexity index is 1240. The molecule has 0 spiro atoms. The number of primary amides is 1. The molecule has 1 fully saturated rings. The molecular formula is C25H44N14O8. The topological polar surface area (TPSA) is 378 Å². The second-order valence-corrected chi connectivity index (χ2v) is 10.7. The van der Waals surface area contributed by atoms with Crippen molar-refractivity contribution in [1.82, 2.24) is 42.5 Å². The lowest BCUT2D eigenvalue weighted by atomic mass is 10.0. The molecule has 2 aliphatic heterocycles. The van der Waals surface area contributed by atoms with Gasteiger partial charge in [-0.05, 0) is 25.8 Å². The zero-order valence-corrected chi connectivity index (χ0v) is 25.5. The Labute approximate surface area is 269 Å². The van der Waals surface area contributed by atoms with Gasteiger partial charge in [-0.2, -0.15) is 0 Å². The van der Waals surface area contributed by atoms with Gasteiger partial charge in [-0.25, -0.2) is 4.79 Å². The van der Waals surface area contributed by atoms with E-state index in [0.717, 1.165) is 6.20 Å². The van der Waals surface area contributed by atoms with Gasteiger partial charge in [-0.15, -0.1) is 0 Å². The van der Waals surface area contributed by atoms with Gasteiger partial charge >= 0.3 is 6.03 Å². The highest BCUT2D eigenvalue weighted by Crippen LogP contribution is 2.07. The molecule has 6 atom stereocenters. The van der Waals surface area contributed by atoms with Crippen LogP contribution in [0, 0.1) is 0 Å². The molecule has 47 heavy (non-hydrogen) atoms. The highest BCUT2D eigenvalue weighted by atomic mass is 16.3. The van der Waals surface area contributed by atoms with E-state index in [1.54, 1.807) is 0 Å². The van der Waals surface area contributed by atoms with E-state index in [9.17, 15) is 38.7 Å². The first-order valence-corrected chi connectivity index (χ1v) is 14.7. The Hall–Kier alpha value is -5.06. The number of guanidine groups is 1. The number of rotatable bonds is 10. The summed E-state index contributed by atoms with van der Waals surface area (Å²) in [6, 6.07) is -8.54. The van der Waals surface area contributed by atoms with Crippen molar-refractivity contribution in [2.75, 3.05) is 32.8 Å². The number of amides is 8. The Kier molecular flexibility index (Phi) is 15.2. The van der Waals surface area contributed by atoms with Gasteiger partial charge < -0.3 is 76.3 Å². The molecule has 0 radical (unpaired) electrons. The van der Waals surface area contributed by atoms with E-state index in [1.807, 2.05) is 5.32 Å². The number of hydrogen-bond donors (Lipinski definition) is 14. The summed E-state index contributed by atoms with van der Waals surface area (Å²) < 4.78 is 0. The third kappa shape index (κ3) is 12.7. The molecule has 2 rings (SSSR count). The Morgan fingerprint density at radius 1 is 1.02 bits per heavy atom. The lowest BCUT2D eigenvalue weighted by Gasteiger charge is -2.31. The van der Waals surface area contributed by atoms with Gasteiger partial charge in [-0.3, -0.25) is 33.8 Å². The van der Waals surface area contributed by atoms with Crippen molar-refractivity contribution in [2.45, 2.75) is 61.9 Å². The molecule has 2 aliphatic rings. The largest absolute Gasteiger partial charge is 0.394 e. The predicted octanol–water partition coefficient (Wildman–Crippen LogP) is -8.23. The monoisotopic (exact) mass is 668 g/mol. The van der Waals surface area contributed by atoms with Crippen molar-refractivity contribution in [3.05, 3.63) is 11.9 Å². The van der Waals surface area contributed by atoms with E-state index in [-0.39, 0.29) is 25.3 Å². The average Bonchev–Trinajstić information content (AvgIpc) is 3.02. The Balaban J connectivity index is 2.45. The summed E-state index contributed by atoms with van der Waals surface area (Å²) in [4.78, 5) is 93.9. The summed E-state index contributed by atoms with van der Waals surface area (Å²) in [5.41, 5.74) is 27.6. The van der Waals surface area contributed by atoms with Crippen LogP contribution in [-0.2, 0) is 28.8 Å². The number of nitrogens with zero attached hydrogens (tertiary/aromatic N) is 1. The minimum Gasteiger partial charge on any atom is -0.394 e. The fraction of sp³-hybridized carbons (Fsp3) is 0.600. The molecule has 0 aromatic heterocycles. The van der Waals surface area contributed by atoms with Crippen LogP contribution in [0.2, 0.25) is 0 Å². The normalized spacial score (nSPS) is 26.3. The van der Waals surface area contributed by atoms with E-state index in [4.69, 9.17) is 28.7 Å². The Morgan fingerprint density at radius 3 is 2.36 bits per heavy atom. The summed E-state index contributed by atoms with van der Waals surface area (Å²) in [7, 11) is 0. The minimum absolute atomic E-state index is 0.0120. The summed E-state index contributed by atoms with van der Waals surface area (Å²) in [5.74, 6) is -5.62. The zero-order valence-electron chi connectivity index (χ0n) is 25.5. The molecule has 8 amide bonds. The highest BCUT2D eigenvalue weighted by molar-refractivity contribution is 6.02. The van der Waals surface area contributed by atoms with Crippen LogP contribution in [-0.4, -0.2) is 122 Å². The summed E-state index contributed by atoms with van der Waals surface area (Å²) in [6.45, 7) is -1.36. The number of carbonyl (C=O) groups excluding carboxylic acids is 7. The van der Waals surface area contributed by atoms with Crippen LogP contribution < -0.4 is 71.2 Å². The van der Waals surface area contributed by atoms with Crippen molar-refractivity contribution in [3.63, 3.8) is 0 Å². The predicted molar refractivity (Wildman–Crippen MR) is 165 cm³/mol. The second kappa shape index (κ2) is 18.8. The van der Waals surface area contributed by atoms with Crippen molar-refractivity contribution in [1.29, 1.82) is 0 Å². The second-order valence-electron chi connectivity index (χ2n) is 10.7. The first-order chi connectivity index (χ1) is 22.2. The molecule has 22 heteroatoms. The van der Waals surface area contributed by atoms with E-state index < -0.39 is 103 Å². The third-order valence-electron chi connectivity index (χ3n) is 6.90. The van der Waals surface area contributed by atoms with Crippen molar-refractivity contribution in [2.24, 2.45) is 33.7 Å². The third-order valence-corrected chi connectivity index (χ3v) is 6.90. The van der Waals surface area contributed by atoms with Gasteiger partial charge in [0.1, 0.15) is 29.9 Å². The maximum Gasteiger partial charge on any atom is 0.316 e. The van der Waals surface area contributed by atoms with Gasteiger partial charge in [0.2, 0.25) is 29.5 Å². The van der Waals surface area contributed by atoms with Gasteiger partial charge in [-0.1, -0.05) is 0 Å². The fourth-order valence-electron chi connectivity index (χ4n) is 4.35. The van der Waals surface area contributed by atoms with E-state index in [1.165, 1.54) is 0 Å². The van der Waals surface area contributed by atoms with Crippen LogP contribution in [0.15, 0.2) is 16.9 Å². The molecular weight excluding hydrogens is 624 g/mol. The number of aliphatic hydroxyl groups is 1. The molecule has 0 aliphatic carbocycles. The molecule has 19 N–H and O–H groups in total.